The maximum atomic E-state index is 12.7. The fraction of sp³-hybridized carbons (Fsp3) is 0.667. The maximum Gasteiger partial charge on any atom is 0.153 e. The van der Waals surface area contributed by atoms with Crippen LogP contribution in [0.15, 0.2) is 18.8 Å². The zero-order valence-corrected chi connectivity index (χ0v) is 18.2. The Kier molecular flexibility index (Phi) is 6.75. The minimum absolute atomic E-state index is 0.0506. The molecule has 26 heavy (non-hydrogen) atoms. The van der Waals surface area contributed by atoms with Crippen molar-refractivity contribution in [3.8, 4) is 0 Å². The van der Waals surface area contributed by atoms with Gasteiger partial charge in [-0.3, -0.25) is 0 Å². The van der Waals surface area contributed by atoms with Crippen LogP contribution in [0.2, 0.25) is 0 Å². The van der Waals surface area contributed by atoms with Gasteiger partial charge in [-0.05, 0) is 57.1 Å². The molecule has 2 fully saturated rings. The van der Waals surface area contributed by atoms with Crippen LogP contribution in [0.4, 0.5) is 5.82 Å². The largest absolute Gasteiger partial charge is 0.795 e. The average Bonchev–Trinajstić information content (AvgIpc) is 3.09. The lowest BCUT2D eigenvalue weighted by Crippen LogP contribution is -2.38. The van der Waals surface area contributed by atoms with Gasteiger partial charge in [-0.1, -0.05) is 29.2 Å². The summed E-state index contributed by atoms with van der Waals surface area (Å²) in [5.41, 5.74) is -0.0665. The molecule has 0 saturated heterocycles. The van der Waals surface area contributed by atoms with Gasteiger partial charge in [0.1, 0.15) is 5.82 Å². The van der Waals surface area contributed by atoms with Crippen molar-refractivity contribution in [2.24, 2.45) is 0 Å². The van der Waals surface area contributed by atoms with Crippen molar-refractivity contribution in [2.45, 2.75) is 66.7 Å². The second-order valence-corrected chi connectivity index (χ2v) is 11.2. The number of hydrogen-bond acceptors (Lipinski definition) is 6. The van der Waals surface area contributed by atoms with Crippen molar-refractivity contribution in [3.63, 3.8) is 0 Å². The highest BCUT2D eigenvalue weighted by Gasteiger charge is 2.32. The summed E-state index contributed by atoms with van der Waals surface area (Å²) in [5, 5.41) is 8.26. The number of rotatable bonds is 6. The molecule has 0 aliphatic heterocycles. The quantitative estimate of drug-likeness (QED) is 0.368. The molecule has 2 aliphatic carbocycles. The van der Waals surface area contributed by atoms with E-state index in [1.165, 1.54) is 0 Å². The van der Waals surface area contributed by atoms with Crippen LogP contribution in [0.1, 0.15) is 50.8 Å². The minimum Gasteiger partial charge on any atom is -0.795 e. The fourth-order valence-corrected chi connectivity index (χ4v) is 7.13. The topological polar surface area (TPSA) is 85.2 Å². The lowest BCUT2D eigenvalue weighted by molar-refractivity contribution is -0.195. The molecule has 0 amide bonds. The van der Waals surface area contributed by atoms with E-state index in [1.54, 1.807) is 12.3 Å². The number of halogens is 1. The smallest absolute Gasteiger partial charge is 0.153 e. The molecule has 0 aromatic carbocycles. The lowest BCUT2D eigenvalue weighted by atomic mass is 9.92. The van der Waals surface area contributed by atoms with Crippen molar-refractivity contribution < 1.29 is 9.42 Å². The molecule has 0 spiro atoms. The van der Waals surface area contributed by atoms with Gasteiger partial charge >= 0.3 is 0 Å². The number of nitrogens with zero attached hydrogens (tertiary/aromatic N) is 3. The van der Waals surface area contributed by atoms with Gasteiger partial charge in [0, 0.05) is 36.4 Å². The molecular formula is C18H27IN4O2P-. The molecule has 2 aliphatic rings. The highest BCUT2D eigenvalue weighted by molar-refractivity contribution is 14.1. The molecule has 2 saturated carbocycles. The summed E-state index contributed by atoms with van der Waals surface area (Å²) in [6.07, 6.45) is 9.73. The molecule has 3 unspecified atom stereocenters. The van der Waals surface area contributed by atoms with Crippen LogP contribution in [-0.4, -0.2) is 38.7 Å². The van der Waals surface area contributed by atoms with E-state index in [9.17, 15) is 4.89 Å². The third-order valence-corrected chi connectivity index (χ3v) is 8.70. The average molecular weight is 489 g/mol. The van der Waals surface area contributed by atoms with Crippen molar-refractivity contribution in [2.75, 3.05) is 11.9 Å². The van der Waals surface area contributed by atoms with Crippen molar-refractivity contribution in [1.82, 2.24) is 9.97 Å². The van der Waals surface area contributed by atoms with Crippen LogP contribution in [-0.2, 0) is 4.52 Å². The first kappa shape index (κ1) is 20.2. The van der Waals surface area contributed by atoms with Crippen molar-refractivity contribution in [1.29, 1.82) is 5.16 Å². The van der Waals surface area contributed by atoms with E-state index >= 15 is 0 Å². The predicted octanol–water partition coefficient (Wildman–Crippen LogP) is 4.21. The van der Waals surface area contributed by atoms with Gasteiger partial charge in [-0.2, -0.15) is 0 Å². The molecule has 3 atom stereocenters. The van der Waals surface area contributed by atoms with E-state index < -0.39 is 7.51 Å². The predicted molar refractivity (Wildman–Crippen MR) is 113 cm³/mol. The van der Waals surface area contributed by atoms with Gasteiger partial charge in [-0.15, -0.1) is 0 Å². The van der Waals surface area contributed by atoms with Crippen LogP contribution in [0.25, 0.3) is 6.08 Å². The zero-order chi connectivity index (χ0) is 18.7. The van der Waals surface area contributed by atoms with Gasteiger partial charge < -0.3 is 19.5 Å². The van der Waals surface area contributed by atoms with E-state index in [-0.39, 0.29) is 11.8 Å². The molecule has 0 bridgehead atoms. The molecule has 1 N–H and O–H groups in total. The molecule has 1 heterocycles. The van der Waals surface area contributed by atoms with E-state index in [0.717, 1.165) is 50.8 Å². The number of aromatic nitrogens is 2. The van der Waals surface area contributed by atoms with Crippen molar-refractivity contribution in [3.05, 3.63) is 24.7 Å². The summed E-state index contributed by atoms with van der Waals surface area (Å²) in [7, 11) is -1.21. The van der Waals surface area contributed by atoms with Gasteiger partial charge in [0.25, 0.3) is 0 Å². The van der Waals surface area contributed by atoms with Crippen LogP contribution in [0.5, 0.6) is 0 Å². The second-order valence-electron chi connectivity index (χ2n) is 7.29. The summed E-state index contributed by atoms with van der Waals surface area (Å²) in [4.78, 5) is 23.6. The van der Waals surface area contributed by atoms with Gasteiger partial charge in [0.05, 0.1) is 6.10 Å². The van der Waals surface area contributed by atoms with Gasteiger partial charge in [0.15, 0.2) is 5.82 Å². The Bertz CT molecular complexity index is 681. The standard InChI is InChI=1S/C18H27IN4O2P/c1-3-17-21-11-10-18(22-17)23(2)14-5-7-15(8-6-14)25-26(20,24)16-9-4-13(19)12-16/h3,10-11,13-16H,1,4-9,12H2,2H3,(H-,20,24)/q-1. The summed E-state index contributed by atoms with van der Waals surface area (Å²) < 4.78 is 6.38. The Hall–Kier alpha value is -0.500. The fourth-order valence-electron chi connectivity index (χ4n) is 3.90. The normalized spacial score (nSPS) is 31.3. The monoisotopic (exact) mass is 489 g/mol. The highest BCUT2D eigenvalue weighted by atomic mass is 127. The Balaban J connectivity index is 1.53. The molecule has 6 nitrogen and oxygen atoms in total. The SMILES string of the molecule is C=Cc1nccc(N(C)C2CCC(OP(=N)([O-])C3CCC(I)C3)CC2)n1. The lowest BCUT2D eigenvalue weighted by Gasteiger charge is -2.41. The number of alkyl halides is 1. The molecule has 1 aromatic rings. The van der Waals surface area contributed by atoms with E-state index in [0.29, 0.717) is 15.8 Å². The van der Waals surface area contributed by atoms with Gasteiger partial charge in [-0.25, -0.2) is 9.97 Å². The Morgan fingerprint density at radius 2 is 2.08 bits per heavy atom. The first-order valence-electron chi connectivity index (χ1n) is 9.24. The molecule has 1 aromatic heterocycles. The van der Waals surface area contributed by atoms with Gasteiger partial charge in [0.2, 0.25) is 0 Å². The number of anilines is 1. The Labute approximate surface area is 169 Å². The summed E-state index contributed by atoms with van der Waals surface area (Å²) in [6, 6.07) is 2.28. The van der Waals surface area contributed by atoms with E-state index in [4.69, 9.17) is 9.69 Å². The van der Waals surface area contributed by atoms with Crippen LogP contribution < -0.4 is 9.79 Å². The highest BCUT2D eigenvalue weighted by Crippen LogP contribution is 2.54. The summed E-state index contributed by atoms with van der Waals surface area (Å²) in [6.45, 7) is 3.72. The number of hydrogen-bond donors (Lipinski definition) is 1. The molecule has 8 heteroatoms. The first-order chi connectivity index (χ1) is 12.4. The Morgan fingerprint density at radius 3 is 2.69 bits per heavy atom. The molecular weight excluding hydrogens is 462 g/mol. The third kappa shape index (κ3) is 4.86. The van der Waals surface area contributed by atoms with Crippen LogP contribution in [0.3, 0.4) is 0 Å². The van der Waals surface area contributed by atoms with E-state index in [1.807, 2.05) is 6.07 Å². The first-order valence-corrected chi connectivity index (χ1v) is 12.2. The minimum atomic E-state index is -3.26. The maximum absolute atomic E-state index is 12.7. The number of nitrogens with one attached hydrogen (secondary N) is 1. The van der Waals surface area contributed by atoms with Crippen LogP contribution >= 0.6 is 30.1 Å². The molecule has 0 radical (unpaired) electrons. The van der Waals surface area contributed by atoms with Crippen molar-refractivity contribution >= 4 is 42.0 Å². The summed E-state index contributed by atoms with van der Waals surface area (Å²) in [5.74, 6) is 1.52. The summed E-state index contributed by atoms with van der Waals surface area (Å²) >= 11 is 2.40. The van der Waals surface area contributed by atoms with E-state index in [2.05, 4.69) is 51.1 Å². The molecule has 144 valence electrons. The molecule has 3 rings (SSSR count). The Morgan fingerprint density at radius 1 is 1.35 bits per heavy atom. The third-order valence-electron chi connectivity index (χ3n) is 5.52. The zero-order valence-electron chi connectivity index (χ0n) is 15.2. The second kappa shape index (κ2) is 8.67. The van der Waals surface area contributed by atoms with Crippen LogP contribution in [0, 0.1) is 5.16 Å².